The van der Waals surface area contributed by atoms with E-state index in [9.17, 15) is 4.79 Å². The van der Waals surface area contributed by atoms with E-state index in [1.165, 1.54) is 0 Å². The fraction of sp³-hybridized carbons (Fsp3) is 0.562. The average molecular weight is 276 g/mol. The van der Waals surface area contributed by atoms with Gasteiger partial charge >= 0.3 is 5.97 Å². The van der Waals surface area contributed by atoms with Crippen LogP contribution in [0.4, 0.5) is 0 Å². The molecule has 0 amide bonds. The molecule has 0 radical (unpaired) electrons. The van der Waals surface area contributed by atoms with Gasteiger partial charge in [-0.1, -0.05) is 24.3 Å². The van der Waals surface area contributed by atoms with Crippen LogP contribution in [0.25, 0.3) is 0 Å². The SMILES string of the molecule is CC1(C)OCC(c2ccc(C3(CC(=O)O)CC3)cc2)O1. The Bertz CT molecular complexity index is 514. The Morgan fingerprint density at radius 2 is 1.95 bits per heavy atom. The molecular formula is C16H20O4. The van der Waals surface area contributed by atoms with Crippen molar-refractivity contribution < 1.29 is 19.4 Å². The van der Waals surface area contributed by atoms with Crippen molar-refractivity contribution in [1.82, 2.24) is 0 Å². The molecule has 1 saturated heterocycles. The molecule has 1 atom stereocenters. The van der Waals surface area contributed by atoms with Crippen LogP contribution in [0.15, 0.2) is 24.3 Å². The van der Waals surface area contributed by atoms with Gasteiger partial charge < -0.3 is 14.6 Å². The van der Waals surface area contributed by atoms with E-state index in [1.807, 2.05) is 38.1 Å². The number of hydrogen-bond donors (Lipinski definition) is 1. The van der Waals surface area contributed by atoms with Gasteiger partial charge in [0.2, 0.25) is 0 Å². The molecule has 1 aliphatic heterocycles. The predicted molar refractivity (Wildman–Crippen MR) is 73.5 cm³/mol. The number of rotatable bonds is 4. The molecular weight excluding hydrogens is 256 g/mol. The monoisotopic (exact) mass is 276 g/mol. The van der Waals surface area contributed by atoms with Crippen molar-refractivity contribution in [2.75, 3.05) is 6.61 Å². The second-order valence-electron chi connectivity index (χ2n) is 6.29. The first kappa shape index (κ1) is 13.6. The highest BCUT2D eigenvalue weighted by Gasteiger charge is 2.46. The maximum absolute atomic E-state index is 10.9. The van der Waals surface area contributed by atoms with E-state index >= 15 is 0 Å². The topological polar surface area (TPSA) is 55.8 Å². The number of benzene rings is 1. The fourth-order valence-electron chi connectivity index (χ4n) is 2.91. The highest BCUT2D eigenvalue weighted by Crippen LogP contribution is 2.51. The second-order valence-corrected chi connectivity index (χ2v) is 6.29. The van der Waals surface area contributed by atoms with E-state index < -0.39 is 11.8 Å². The highest BCUT2D eigenvalue weighted by atomic mass is 16.7. The van der Waals surface area contributed by atoms with Crippen LogP contribution in [0.2, 0.25) is 0 Å². The van der Waals surface area contributed by atoms with Gasteiger partial charge in [0.05, 0.1) is 13.0 Å². The van der Waals surface area contributed by atoms with Crippen LogP contribution >= 0.6 is 0 Å². The molecule has 4 nitrogen and oxygen atoms in total. The largest absolute Gasteiger partial charge is 0.481 e. The quantitative estimate of drug-likeness (QED) is 0.918. The molecule has 4 heteroatoms. The first-order chi connectivity index (χ1) is 9.40. The van der Waals surface area contributed by atoms with Crippen LogP contribution in [0, 0.1) is 0 Å². The lowest BCUT2D eigenvalue weighted by atomic mass is 9.91. The lowest BCUT2D eigenvalue weighted by molar-refractivity contribution is -0.139. The van der Waals surface area contributed by atoms with Gasteiger partial charge in [-0.25, -0.2) is 0 Å². The molecule has 1 aromatic carbocycles. The number of carbonyl (C=O) groups is 1. The maximum atomic E-state index is 10.9. The lowest BCUT2D eigenvalue weighted by Gasteiger charge is -2.18. The Hall–Kier alpha value is -1.39. The molecule has 1 saturated carbocycles. The summed E-state index contributed by atoms with van der Waals surface area (Å²) in [5, 5.41) is 9.00. The summed E-state index contributed by atoms with van der Waals surface area (Å²) in [7, 11) is 0. The normalized spacial score (nSPS) is 26.4. The molecule has 0 aromatic heterocycles. The van der Waals surface area contributed by atoms with Crippen molar-refractivity contribution in [3.05, 3.63) is 35.4 Å². The summed E-state index contributed by atoms with van der Waals surface area (Å²) in [6.45, 7) is 4.38. The Kier molecular flexibility index (Phi) is 3.10. The van der Waals surface area contributed by atoms with Gasteiger partial charge in [0.15, 0.2) is 5.79 Å². The molecule has 0 spiro atoms. The van der Waals surface area contributed by atoms with Gasteiger partial charge in [0.25, 0.3) is 0 Å². The molecule has 1 aliphatic carbocycles. The van der Waals surface area contributed by atoms with E-state index in [0.29, 0.717) is 6.61 Å². The summed E-state index contributed by atoms with van der Waals surface area (Å²) < 4.78 is 11.4. The fourth-order valence-corrected chi connectivity index (χ4v) is 2.91. The van der Waals surface area contributed by atoms with Crippen molar-refractivity contribution in [2.24, 2.45) is 0 Å². The zero-order chi connectivity index (χ0) is 14.4. The van der Waals surface area contributed by atoms with Gasteiger partial charge in [0.1, 0.15) is 6.10 Å². The van der Waals surface area contributed by atoms with Crippen LogP contribution < -0.4 is 0 Å². The molecule has 1 aromatic rings. The number of carboxylic acids is 1. The minimum Gasteiger partial charge on any atom is -0.481 e. The molecule has 1 N–H and O–H groups in total. The Morgan fingerprint density at radius 1 is 1.30 bits per heavy atom. The van der Waals surface area contributed by atoms with Gasteiger partial charge in [-0.2, -0.15) is 0 Å². The van der Waals surface area contributed by atoms with E-state index in [2.05, 4.69) is 0 Å². The molecule has 2 fully saturated rings. The van der Waals surface area contributed by atoms with Gasteiger partial charge in [-0.15, -0.1) is 0 Å². The van der Waals surface area contributed by atoms with Gasteiger partial charge in [0, 0.05) is 5.41 Å². The predicted octanol–water partition coefficient (Wildman–Crippen LogP) is 3.02. The van der Waals surface area contributed by atoms with Gasteiger partial charge in [-0.3, -0.25) is 4.79 Å². The van der Waals surface area contributed by atoms with Crippen LogP contribution in [0.5, 0.6) is 0 Å². The first-order valence-corrected chi connectivity index (χ1v) is 7.04. The summed E-state index contributed by atoms with van der Waals surface area (Å²) in [6.07, 6.45) is 2.12. The molecule has 0 bridgehead atoms. The molecule has 2 aliphatic rings. The molecule has 20 heavy (non-hydrogen) atoms. The van der Waals surface area contributed by atoms with Crippen LogP contribution in [-0.4, -0.2) is 23.5 Å². The van der Waals surface area contributed by atoms with E-state index in [4.69, 9.17) is 14.6 Å². The van der Waals surface area contributed by atoms with E-state index in [0.717, 1.165) is 24.0 Å². The summed E-state index contributed by atoms with van der Waals surface area (Å²) in [5.74, 6) is -1.24. The zero-order valence-electron chi connectivity index (χ0n) is 11.9. The van der Waals surface area contributed by atoms with Gasteiger partial charge in [-0.05, 0) is 37.8 Å². The lowest BCUT2D eigenvalue weighted by Crippen LogP contribution is -2.19. The van der Waals surface area contributed by atoms with Crippen LogP contribution in [0.3, 0.4) is 0 Å². The number of carboxylic acid groups (broad SMARTS) is 1. The Morgan fingerprint density at radius 3 is 2.40 bits per heavy atom. The third kappa shape index (κ3) is 2.58. The van der Waals surface area contributed by atoms with Crippen molar-refractivity contribution in [1.29, 1.82) is 0 Å². The second kappa shape index (κ2) is 4.57. The van der Waals surface area contributed by atoms with Crippen molar-refractivity contribution in [2.45, 2.75) is 50.4 Å². The van der Waals surface area contributed by atoms with Crippen LogP contribution in [-0.2, 0) is 19.7 Å². The van der Waals surface area contributed by atoms with Crippen molar-refractivity contribution >= 4 is 5.97 Å². The average Bonchev–Trinajstić information content (AvgIpc) is 3.06. The summed E-state index contributed by atoms with van der Waals surface area (Å²) in [6, 6.07) is 8.15. The van der Waals surface area contributed by atoms with Crippen molar-refractivity contribution in [3.63, 3.8) is 0 Å². The number of aliphatic carboxylic acids is 1. The van der Waals surface area contributed by atoms with Crippen LogP contribution in [0.1, 0.15) is 50.3 Å². The molecule has 1 unspecified atom stereocenters. The zero-order valence-corrected chi connectivity index (χ0v) is 11.9. The highest BCUT2D eigenvalue weighted by molar-refractivity contribution is 5.70. The Labute approximate surface area is 118 Å². The standard InChI is InChI=1S/C16H20O4/c1-15(2)19-10-13(20-15)11-3-5-12(6-4-11)16(7-8-16)9-14(17)18/h3-6,13H,7-10H2,1-2H3,(H,17,18). The summed E-state index contributed by atoms with van der Waals surface area (Å²) in [4.78, 5) is 10.9. The van der Waals surface area contributed by atoms with E-state index in [1.54, 1.807) is 0 Å². The molecule has 3 rings (SSSR count). The summed E-state index contributed by atoms with van der Waals surface area (Å²) >= 11 is 0. The minimum atomic E-state index is -0.721. The smallest absolute Gasteiger partial charge is 0.304 e. The number of hydrogen-bond acceptors (Lipinski definition) is 3. The Balaban J connectivity index is 1.74. The first-order valence-electron chi connectivity index (χ1n) is 7.04. The van der Waals surface area contributed by atoms with E-state index in [-0.39, 0.29) is 17.9 Å². The number of ether oxygens (including phenoxy) is 2. The third-order valence-electron chi connectivity index (χ3n) is 4.25. The molecule has 1 heterocycles. The minimum absolute atomic E-state index is 0.0336. The molecule has 108 valence electrons. The third-order valence-corrected chi connectivity index (χ3v) is 4.25. The van der Waals surface area contributed by atoms with Crippen molar-refractivity contribution in [3.8, 4) is 0 Å². The maximum Gasteiger partial charge on any atom is 0.304 e. The summed E-state index contributed by atoms with van der Waals surface area (Å²) in [5.41, 5.74) is 2.09.